The Balaban J connectivity index is 2.66. The molecule has 104 valence electrons. The van der Waals surface area contributed by atoms with Gasteiger partial charge in [0.1, 0.15) is 6.73 Å². The maximum absolute atomic E-state index is 8.71. The molecule has 0 saturated carbocycles. The topological polar surface area (TPSA) is 32.7 Å². The zero-order chi connectivity index (χ0) is 13.9. The number of aliphatic hydroxyl groups excluding tert-OH is 1. The van der Waals surface area contributed by atoms with Crippen LogP contribution in [0.5, 0.6) is 0 Å². The lowest BCUT2D eigenvalue weighted by Gasteiger charge is -2.19. The summed E-state index contributed by atoms with van der Waals surface area (Å²) >= 11 is 1.71. The first kappa shape index (κ1) is 15.7. The highest BCUT2D eigenvalue weighted by molar-refractivity contribution is 7.10. The van der Waals surface area contributed by atoms with Gasteiger partial charge in [-0.05, 0) is 36.6 Å². The molecule has 3 nitrogen and oxygen atoms in total. The van der Waals surface area contributed by atoms with Crippen LogP contribution in [0.2, 0.25) is 0 Å². The van der Waals surface area contributed by atoms with Crippen LogP contribution in [0.1, 0.15) is 11.8 Å². The van der Waals surface area contributed by atoms with Crippen molar-refractivity contribution in [2.24, 2.45) is 0 Å². The lowest BCUT2D eigenvalue weighted by molar-refractivity contribution is 0.0382. The third kappa shape index (κ3) is 6.38. The van der Waals surface area contributed by atoms with Gasteiger partial charge in [-0.2, -0.15) is 0 Å². The number of allylic oxidation sites excluding steroid dienone is 4. The number of hydrogen-bond donors (Lipinski definition) is 1. The fraction of sp³-hybridized carbons (Fsp3) is 0.333. The number of likely N-dealkylation sites (N-methyl/N-ethyl adjacent to an activating group) is 1. The number of nitrogens with zero attached hydrogens (tertiary/aromatic N) is 1. The Morgan fingerprint density at radius 2 is 2.37 bits per heavy atom. The molecule has 0 saturated heterocycles. The van der Waals surface area contributed by atoms with E-state index in [0.717, 1.165) is 5.70 Å². The zero-order valence-electron chi connectivity index (χ0n) is 11.5. The number of hydrogen-bond acceptors (Lipinski definition) is 4. The van der Waals surface area contributed by atoms with Gasteiger partial charge < -0.3 is 14.7 Å². The van der Waals surface area contributed by atoms with Crippen molar-refractivity contribution in [1.29, 1.82) is 0 Å². The second kappa shape index (κ2) is 9.55. The molecule has 19 heavy (non-hydrogen) atoms. The molecule has 0 spiro atoms. The average Bonchev–Trinajstić information content (AvgIpc) is 2.92. The lowest BCUT2D eigenvalue weighted by atomic mass is 10.3. The van der Waals surface area contributed by atoms with Crippen molar-refractivity contribution in [3.05, 3.63) is 52.4 Å². The Hall–Kier alpha value is -1.36. The van der Waals surface area contributed by atoms with E-state index >= 15 is 0 Å². The molecule has 0 radical (unpaired) electrons. The monoisotopic (exact) mass is 279 g/mol. The van der Waals surface area contributed by atoms with E-state index in [1.54, 1.807) is 11.3 Å². The molecular formula is C15H21NO2S. The van der Waals surface area contributed by atoms with Crippen LogP contribution in [-0.4, -0.2) is 37.0 Å². The molecule has 1 aromatic rings. The van der Waals surface area contributed by atoms with Crippen LogP contribution in [0, 0.1) is 0 Å². The molecule has 0 aliphatic rings. The molecule has 1 N–H and O–H groups in total. The molecule has 1 aromatic heterocycles. The molecule has 1 heterocycles. The molecule has 0 unspecified atom stereocenters. The summed E-state index contributed by atoms with van der Waals surface area (Å²) in [6.07, 6.45) is 10.2. The lowest BCUT2D eigenvalue weighted by Crippen LogP contribution is -2.21. The second-order valence-corrected chi connectivity index (χ2v) is 4.90. The molecule has 0 aliphatic carbocycles. The fourth-order valence-corrected chi connectivity index (χ4v) is 2.02. The maximum atomic E-state index is 8.71. The van der Waals surface area contributed by atoms with Gasteiger partial charge in [-0.25, -0.2) is 0 Å². The van der Waals surface area contributed by atoms with Gasteiger partial charge in [0.05, 0.1) is 13.2 Å². The Labute approximate surface area is 119 Å². The Kier molecular flexibility index (Phi) is 7.89. The summed E-state index contributed by atoms with van der Waals surface area (Å²) in [7, 11) is 1.96. The summed E-state index contributed by atoms with van der Waals surface area (Å²) in [5, 5.41) is 10.8. The molecule has 0 bridgehead atoms. The molecule has 0 amide bonds. The first-order valence-corrected chi connectivity index (χ1v) is 7.10. The van der Waals surface area contributed by atoms with Crippen molar-refractivity contribution >= 4 is 17.4 Å². The molecule has 0 fully saturated rings. The zero-order valence-corrected chi connectivity index (χ0v) is 12.3. The highest BCUT2D eigenvalue weighted by atomic mass is 32.1. The fourth-order valence-electron chi connectivity index (χ4n) is 1.40. The Bertz CT molecular complexity index is 421. The van der Waals surface area contributed by atoms with Crippen LogP contribution in [0.25, 0.3) is 6.08 Å². The van der Waals surface area contributed by atoms with Gasteiger partial charge in [0, 0.05) is 17.6 Å². The van der Waals surface area contributed by atoms with Gasteiger partial charge in [-0.15, -0.1) is 11.3 Å². The summed E-state index contributed by atoms with van der Waals surface area (Å²) in [6, 6.07) is 4.12. The van der Waals surface area contributed by atoms with E-state index in [9.17, 15) is 0 Å². The highest BCUT2D eigenvalue weighted by Crippen LogP contribution is 2.13. The van der Waals surface area contributed by atoms with Crippen LogP contribution in [0.3, 0.4) is 0 Å². The summed E-state index contributed by atoms with van der Waals surface area (Å²) in [5.74, 6) is 0. The quantitative estimate of drug-likeness (QED) is 0.451. The third-order valence-electron chi connectivity index (χ3n) is 2.38. The third-order valence-corrected chi connectivity index (χ3v) is 3.22. The van der Waals surface area contributed by atoms with Crippen molar-refractivity contribution in [2.75, 3.05) is 27.0 Å². The molecule has 1 rings (SSSR count). The highest BCUT2D eigenvalue weighted by Gasteiger charge is 2.00. The SMILES string of the molecule is C\C=C/C=C(/C=C/c1cccs1)N(C)COCCO. The molecular weight excluding hydrogens is 258 g/mol. The molecule has 0 aromatic carbocycles. The van der Waals surface area contributed by atoms with Gasteiger partial charge >= 0.3 is 0 Å². The molecule has 4 heteroatoms. The minimum Gasteiger partial charge on any atom is -0.394 e. The first-order valence-electron chi connectivity index (χ1n) is 6.22. The number of ether oxygens (including phenoxy) is 1. The minimum absolute atomic E-state index is 0.0484. The van der Waals surface area contributed by atoms with Crippen LogP contribution >= 0.6 is 11.3 Å². The van der Waals surface area contributed by atoms with Gasteiger partial charge in [0.25, 0.3) is 0 Å². The van der Waals surface area contributed by atoms with E-state index in [0.29, 0.717) is 13.3 Å². The van der Waals surface area contributed by atoms with E-state index in [-0.39, 0.29) is 6.61 Å². The number of thiophene rings is 1. The van der Waals surface area contributed by atoms with Crippen LogP contribution in [-0.2, 0) is 4.74 Å². The van der Waals surface area contributed by atoms with Crippen molar-refractivity contribution in [2.45, 2.75) is 6.92 Å². The van der Waals surface area contributed by atoms with Gasteiger partial charge in [-0.1, -0.05) is 18.2 Å². The normalized spacial score (nSPS) is 12.7. The van der Waals surface area contributed by atoms with Crippen molar-refractivity contribution in [3.8, 4) is 0 Å². The standard InChI is InChI=1S/C15H21NO2S/c1-3-4-6-14(16(2)13-18-11-10-17)8-9-15-7-5-12-19-15/h3-9,12,17H,10-11,13H2,1-2H3/b4-3-,9-8+,14-6-. The smallest absolute Gasteiger partial charge is 0.118 e. The van der Waals surface area contributed by atoms with Crippen LogP contribution in [0.4, 0.5) is 0 Å². The van der Waals surface area contributed by atoms with Crippen molar-refractivity contribution < 1.29 is 9.84 Å². The van der Waals surface area contributed by atoms with Gasteiger partial charge in [0.2, 0.25) is 0 Å². The Morgan fingerprint density at radius 3 is 3.00 bits per heavy atom. The van der Waals surface area contributed by atoms with E-state index in [1.165, 1.54) is 4.88 Å². The largest absolute Gasteiger partial charge is 0.394 e. The van der Waals surface area contributed by atoms with E-state index in [2.05, 4.69) is 23.6 Å². The number of aliphatic hydroxyl groups is 1. The molecule has 0 atom stereocenters. The number of rotatable bonds is 8. The summed E-state index contributed by atoms with van der Waals surface area (Å²) in [4.78, 5) is 3.22. The first-order chi connectivity index (χ1) is 9.27. The summed E-state index contributed by atoms with van der Waals surface area (Å²) < 4.78 is 5.32. The summed E-state index contributed by atoms with van der Waals surface area (Å²) in [5.41, 5.74) is 1.06. The van der Waals surface area contributed by atoms with Gasteiger partial charge in [-0.3, -0.25) is 0 Å². The maximum Gasteiger partial charge on any atom is 0.118 e. The molecule has 0 aliphatic heterocycles. The second-order valence-electron chi connectivity index (χ2n) is 3.92. The van der Waals surface area contributed by atoms with Crippen molar-refractivity contribution in [3.63, 3.8) is 0 Å². The Morgan fingerprint density at radius 1 is 1.53 bits per heavy atom. The van der Waals surface area contributed by atoms with E-state index in [4.69, 9.17) is 9.84 Å². The summed E-state index contributed by atoms with van der Waals surface area (Å²) in [6.45, 7) is 2.85. The van der Waals surface area contributed by atoms with Crippen molar-refractivity contribution in [1.82, 2.24) is 4.90 Å². The average molecular weight is 279 g/mol. The van der Waals surface area contributed by atoms with Crippen LogP contribution in [0.15, 0.2) is 47.5 Å². The van der Waals surface area contributed by atoms with Crippen LogP contribution < -0.4 is 0 Å². The van der Waals surface area contributed by atoms with E-state index in [1.807, 2.05) is 43.2 Å². The van der Waals surface area contributed by atoms with Gasteiger partial charge in [0.15, 0.2) is 0 Å². The predicted octanol–water partition coefficient (Wildman–Crippen LogP) is 3.12. The predicted molar refractivity (Wildman–Crippen MR) is 81.9 cm³/mol. The minimum atomic E-state index is 0.0484. The van der Waals surface area contributed by atoms with E-state index < -0.39 is 0 Å².